The van der Waals surface area contributed by atoms with Gasteiger partial charge in [0.1, 0.15) is 5.82 Å². The smallest absolute Gasteiger partial charge is 0.337 e. The molecular formula is C21H26N4O3. The minimum atomic E-state index is -1.02. The van der Waals surface area contributed by atoms with Crippen LogP contribution in [-0.2, 0) is 4.79 Å². The number of nitrogens with zero attached hydrogens (tertiary/aromatic N) is 4. The molecule has 28 heavy (non-hydrogen) atoms. The summed E-state index contributed by atoms with van der Waals surface area (Å²) < 4.78 is 0. The molecule has 148 valence electrons. The van der Waals surface area contributed by atoms with Crippen LogP contribution in [0.4, 0.5) is 0 Å². The van der Waals surface area contributed by atoms with Crippen molar-refractivity contribution in [3.63, 3.8) is 0 Å². The van der Waals surface area contributed by atoms with Gasteiger partial charge in [-0.2, -0.15) is 0 Å². The molecule has 3 heterocycles. The summed E-state index contributed by atoms with van der Waals surface area (Å²) in [6, 6.07) is 3.41. The summed E-state index contributed by atoms with van der Waals surface area (Å²) >= 11 is 0. The zero-order valence-electron chi connectivity index (χ0n) is 16.8. The molecule has 1 saturated heterocycles. The summed E-state index contributed by atoms with van der Waals surface area (Å²) in [5, 5.41) is 9.19. The number of amides is 1. The van der Waals surface area contributed by atoms with Gasteiger partial charge in [-0.1, -0.05) is 20.8 Å². The Kier molecular flexibility index (Phi) is 5.45. The average molecular weight is 382 g/mol. The highest BCUT2D eigenvalue weighted by Gasteiger charge is 2.31. The van der Waals surface area contributed by atoms with E-state index in [9.17, 15) is 14.7 Å². The minimum Gasteiger partial charge on any atom is -0.478 e. The maximum absolute atomic E-state index is 12.5. The van der Waals surface area contributed by atoms with Gasteiger partial charge in [0.2, 0.25) is 5.91 Å². The van der Waals surface area contributed by atoms with Crippen LogP contribution in [0.3, 0.4) is 0 Å². The number of aromatic carboxylic acids is 1. The Morgan fingerprint density at radius 2 is 1.79 bits per heavy atom. The van der Waals surface area contributed by atoms with Crippen LogP contribution in [0, 0.1) is 12.3 Å². The molecule has 0 aromatic carbocycles. The molecule has 1 amide bonds. The fourth-order valence-corrected chi connectivity index (χ4v) is 3.43. The Hall–Kier alpha value is -2.83. The molecule has 0 aliphatic carbocycles. The molecule has 3 rings (SSSR count). The quantitative estimate of drug-likeness (QED) is 0.875. The number of aromatic nitrogens is 3. The third-order valence-electron chi connectivity index (χ3n) is 4.94. The Morgan fingerprint density at radius 3 is 2.39 bits per heavy atom. The summed E-state index contributed by atoms with van der Waals surface area (Å²) in [5.41, 5.74) is 1.92. The monoisotopic (exact) mass is 382 g/mol. The number of rotatable bonds is 3. The van der Waals surface area contributed by atoms with Crippen LogP contribution >= 0.6 is 0 Å². The molecule has 1 aliphatic heterocycles. The fraction of sp³-hybridized carbons (Fsp3) is 0.476. The van der Waals surface area contributed by atoms with Gasteiger partial charge in [0.25, 0.3) is 0 Å². The first-order valence-electron chi connectivity index (χ1n) is 9.49. The predicted molar refractivity (Wildman–Crippen MR) is 105 cm³/mol. The number of pyridine rings is 1. The van der Waals surface area contributed by atoms with E-state index in [1.807, 2.05) is 38.7 Å². The third-order valence-corrected chi connectivity index (χ3v) is 4.94. The molecule has 7 heteroatoms. The number of hydrogen-bond donors (Lipinski definition) is 1. The number of carboxylic acids is 1. The van der Waals surface area contributed by atoms with Crippen molar-refractivity contribution in [1.29, 1.82) is 0 Å². The third kappa shape index (κ3) is 4.35. The lowest BCUT2D eigenvalue weighted by Gasteiger charge is -2.35. The second-order valence-electron chi connectivity index (χ2n) is 8.34. The molecule has 0 spiro atoms. The first-order chi connectivity index (χ1) is 13.1. The van der Waals surface area contributed by atoms with Crippen LogP contribution in [0.15, 0.2) is 24.5 Å². The number of hydrogen-bond acceptors (Lipinski definition) is 5. The number of carbonyl (C=O) groups is 2. The lowest BCUT2D eigenvalue weighted by atomic mass is 9.90. The average Bonchev–Trinajstić information content (AvgIpc) is 2.66. The lowest BCUT2D eigenvalue weighted by Crippen LogP contribution is -2.43. The van der Waals surface area contributed by atoms with Crippen molar-refractivity contribution in [2.75, 3.05) is 13.1 Å². The van der Waals surface area contributed by atoms with Gasteiger partial charge in [-0.15, -0.1) is 0 Å². The standard InChI is InChI=1S/C21H26N4O3/c1-13-9-17(15-10-16(19(26)27)12-22-11-15)24-18(23-13)14-5-7-25(8-6-14)20(28)21(2,3)4/h9-12,14H,5-8H2,1-4H3,(H,26,27). The van der Waals surface area contributed by atoms with Gasteiger partial charge in [0.15, 0.2) is 0 Å². The van der Waals surface area contributed by atoms with Crippen molar-refractivity contribution in [2.24, 2.45) is 5.41 Å². The van der Waals surface area contributed by atoms with Gasteiger partial charge >= 0.3 is 5.97 Å². The Morgan fingerprint density at radius 1 is 1.11 bits per heavy atom. The number of aryl methyl sites for hydroxylation is 1. The van der Waals surface area contributed by atoms with E-state index in [4.69, 9.17) is 4.98 Å². The number of likely N-dealkylation sites (tertiary alicyclic amines) is 1. The molecule has 0 atom stereocenters. The van der Waals surface area contributed by atoms with E-state index < -0.39 is 5.97 Å². The molecular weight excluding hydrogens is 356 g/mol. The topological polar surface area (TPSA) is 96.3 Å². The van der Waals surface area contributed by atoms with E-state index in [1.54, 1.807) is 12.3 Å². The second kappa shape index (κ2) is 7.66. The van der Waals surface area contributed by atoms with Crippen molar-refractivity contribution in [3.8, 4) is 11.3 Å². The van der Waals surface area contributed by atoms with E-state index in [2.05, 4.69) is 9.97 Å². The molecule has 2 aromatic heterocycles. The molecule has 0 radical (unpaired) electrons. The Balaban J connectivity index is 1.81. The highest BCUT2D eigenvalue weighted by Crippen LogP contribution is 2.30. The molecule has 1 aliphatic rings. The number of carbonyl (C=O) groups excluding carboxylic acids is 1. The molecule has 2 aromatic rings. The van der Waals surface area contributed by atoms with E-state index in [-0.39, 0.29) is 22.8 Å². The first-order valence-corrected chi connectivity index (χ1v) is 9.49. The van der Waals surface area contributed by atoms with Crippen molar-refractivity contribution in [1.82, 2.24) is 19.9 Å². The molecule has 0 bridgehead atoms. The van der Waals surface area contributed by atoms with Crippen LogP contribution in [0.2, 0.25) is 0 Å². The maximum atomic E-state index is 12.5. The summed E-state index contributed by atoms with van der Waals surface area (Å²) in [7, 11) is 0. The van der Waals surface area contributed by atoms with Crippen LogP contribution in [-0.4, -0.2) is 49.9 Å². The summed E-state index contributed by atoms with van der Waals surface area (Å²) in [4.78, 5) is 39.0. The van der Waals surface area contributed by atoms with Gasteiger partial charge in [-0.25, -0.2) is 14.8 Å². The fourth-order valence-electron chi connectivity index (χ4n) is 3.43. The lowest BCUT2D eigenvalue weighted by molar-refractivity contribution is -0.140. The second-order valence-corrected chi connectivity index (χ2v) is 8.34. The Bertz CT molecular complexity index is 897. The predicted octanol–water partition coefficient (Wildman–Crippen LogP) is 3.30. The molecule has 1 fully saturated rings. The highest BCUT2D eigenvalue weighted by molar-refractivity contribution is 5.88. The van der Waals surface area contributed by atoms with Gasteiger partial charge in [-0.3, -0.25) is 9.78 Å². The summed E-state index contributed by atoms with van der Waals surface area (Å²) in [6.45, 7) is 9.12. The van der Waals surface area contributed by atoms with E-state index in [0.29, 0.717) is 24.3 Å². The maximum Gasteiger partial charge on any atom is 0.337 e. The molecule has 7 nitrogen and oxygen atoms in total. The molecule has 0 saturated carbocycles. The summed E-state index contributed by atoms with van der Waals surface area (Å²) in [5.74, 6) is 0.0847. The van der Waals surface area contributed by atoms with Gasteiger partial charge < -0.3 is 10.0 Å². The molecule has 1 N–H and O–H groups in total. The summed E-state index contributed by atoms with van der Waals surface area (Å²) in [6.07, 6.45) is 4.57. The minimum absolute atomic E-state index is 0.129. The van der Waals surface area contributed by atoms with Gasteiger partial charge in [-0.05, 0) is 31.9 Å². The van der Waals surface area contributed by atoms with E-state index in [0.717, 1.165) is 24.4 Å². The highest BCUT2D eigenvalue weighted by atomic mass is 16.4. The zero-order valence-corrected chi connectivity index (χ0v) is 16.8. The largest absolute Gasteiger partial charge is 0.478 e. The zero-order chi connectivity index (χ0) is 20.5. The van der Waals surface area contributed by atoms with Crippen molar-refractivity contribution in [2.45, 2.75) is 46.5 Å². The van der Waals surface area contributed by atoms with Crippen LogP contribution in [0.25, 0.3) is 11.3 Å². The first kappa shape index (κ1) is 19.9. The van der Waals surface area contributed by atoms with E-state index >= 15 is 0 Å². The van der Waals surface area contributed by atoms with Crippen molar-refractivity contribution < 1.29 is 14.7 Å². The number of piperidine rings is 1. The van der Waals surface area contributed by atoms with Gasteiger partial charge in [0.05, 0.1) is 11.3 Å². The van der Waals surface area contributed by atoms with Gasteiger partial charge in [0, 0.05) is 48.1 Å². The normalized spacial score (nSPS) is 15.5. The van der Waals surface area contributed by atoms with Crippen LogP contribution < -0.4 is 0 Å². The van der Waals surface area contributed by atoms with Crippen LogP contribution in [0.5, 0.6) is 0 Å². The van der Waals surface area contributed by atoms with E-state index in [1.165, 1.54) is 6.20 Å². The SMILES string of the molecule is Cc1cc(-c2cncc(C(=O)O)c2)nc(C2CCN(C(=O)C(C)(C)C)CC2)n1. The Labute approximate surface area is 164 Å². The number of carboxylic acid groups (broad SMARTS) is 1. The molecule has 0 unspecified atom stereocenters. The van der Waals surface area contributed by atoms with Crippen molar-refractivity contribution >= 4 is 11.9 Å². The van der Waals surface area contributed by atoms with Crippen LogP contribution in [0.1, 0.15) is 61.4 Å². The van der Waals surface area contributed by atoms with Crippen molar-refractivity contribution in [3.05, 3.63) is 41.6 Å².